The minimum absolute atomic E-state index is 0.0211. The minimum atomic E-state index is -1.36. The Morgan fingerprint density at radius 1 is 1.39 bits per heavy atom. The number of rotatable bonds is 5. The fraction of sp³-hybridized carbons (Fsp3) is 0.474. The molecular formula is C19H21F2N3O4. The van der Waals surface area contributed by atoms with Gasteiger partial charge in [0.15, 0.2) is 11.6 Å². The Balaban J connectivity index is 2.00. The molecule has 2 heterocycles. The van der Waals surface area contributed by atoms with Gasteiger partial charge in [-0.25, -0.2) is 9.18 Å². The highest BCUT2D eigenvalue weighted by Crippen LogP contribution is 2.44. The number of halogens is 2. The van der Waals surface area contributed by atoms with E-state index in [2.05, 4.69) is 0 Å². The molecular weight excluding hydrogens is 372 g/mol. The topological polar surface area (TPSA) is 97.8 Å². The van der Waals surface area contributed by atoms with Crippen LogP contribution in [0.4, 0.5) is 14.5 Å². The van der Waals surface area contributed by atoms with E-state index in [1.165, 1.54) is 13.3 Å². The van der Waals surface area contributed by atoms with E-state index in [-0.39, 0.29) is 36.0 Å². The number of aromatic nitrogens is 1. The molecule has 0 bridgehead atoms. The van der Waals surface area contributed by atoms with E-state index in [4.69, 9.17) is 10.5 Å². The van der Waals surface area contributed by atoms with E-state index in [9.17, 15) is 19.1 Å². The molecule has 0 amide bonds. The molecule has 1 aliphatic carbocycles. The number of nitrogens with zero attached hydrogens (tertiary/aromatic N) is 2. The van der Waals surface area contributed by atoms with Crippen molar-refractivity contribution in [1.29, 1.82) is 0 Å². The first kappa shape index (κ1) is 18.7. The number of carbonyl (C=O) groups is 1. The van der Waals surface area contributed by atoms with Crippen LogP contribution in [0.3, 0.4) is 0 Å². The number of hydrogen-bond donors (Lipinski definition) is 2. The number of nitrogens with two attached hydrogens (primary N) is 1. The zero-order chi connectivity index (χ0) is 20.2. The van der Waals surface area contributed by atoms with Gasteiger partial charge in [-0.1, -0.05) is 0 Å². The molecule has 28 heavy (non-hydrogen) atoms. The van der Waals surface area contributed by atoms with Crippen LogP contribution >= 0.6 is 0 Å². The third-order valence-electron chi connectivity index (χ3n) is 5.58. The molecule has 1 aromatic heterocycles. The van der Waals surface area contributed by atoms with Crippen LogP contribution in [0, 0.1) is 11.7 Å². The second-order valence-electron chi connectivity index (χ2n) is 7.44. The molecule has 2 aromatic rings. The number of pyridine rings is 1. The van der Waals surface area contributed by atoms with Crippen molar-refractivity contribution >= 4 is 22.6 Å². The monoisotopic (exact) mass is 393 g/mol. The molecule has 7 nitrogen and oxygen atoms in total. The van der Waals surface area contributed by atoms with Crippen molar-refractivity contribution < 1.29 is 23.4 Å². The van der Waals surface area contributed by atoms with Gasteiger partial charge in [0.1, 0.15) is 11.3 Å². The maximum Gasteiger partial charge on any atom is 0.341 e. The van der Waals surface area contributed by atoms with Crippen LogP contribution in [0.1, 0.15) is 29.2 Å². The Morgan fingerprint density at radius 3 is 2.64 bits per heavy atom. The molecule has 3 N–H and O–H groups in total. The van der Waals surface area contributed by atoms with Gasteiger partial charge in [-0.3, -0.25) is 9.18 Å². The van der Waals surface area contributed by atoms with E-state index < -0.39 is 41.4 Å². The molecule has 1 saturated carbocycles. The van der Waals surface area contributed by atoms with E-state index in [0.29, 0.717) is 5.52 Å². The van der Waals surface area contributed by atoms with Gasteiger partial charge in [0.05, 0.1) is 24.7 Å². The second-order valence-corrected chi connectivity index (χ2v) is 7.44. The van der Waals surface area contributed by atoms with Gasteiger partial charge in [-0.15, -0.1) is 0 Å². The van der Waals surface area contributed by atoms with E-state index in [1.807, 2.05) is 0 Å². The number of benzene rings is 1. The van der Waals surface area contributed by atoms with Crippen LogP contribution in [-0.4, -0.2) is 48.6 Å². The summed E-state index contributed by atoms with van der Waals surface area (Å²) in [6, 6.07) is 0.632. The Hall–Kier alpha value is -2.68. The number of methoxy groups -OCH3 is 1. The fourth-order valence-electron chi connectivity index (χ4n) is 3.97. The summed E-state index contributed by atoms with van der Waals surface area (Å²) in [5.74, 6) is -2.36. The lowest BCUT2D eigenvalue weighted by atomic mass is 10.1. The molecule has 2 atom stereocenters. The summed E-state index contributed by atoms with van der Waals surface area (Å²) >= 11 is 0. The maximum atomic E-state index is 15.1. The minimum Gasteiger partial charge on any atom is -0.492 e. The van der Waals surface area contributed by atoms with Crippen LogP contribution in [0.5, 0.6) is 5.75 Å². The summed E-state index contributed by atoms with van der Waals surface area (Å²) in [5.41, 5.74) is 5.28. The molecule has 150 valence electrons. The number of carboxylic acid groups (broad SMARTS) is 1. The normalized spacial score (nSPS) is 22.1. The van der Waals surface area contributed by atoms with E-state index >= 15 is 4.39 Å². The van der Waals surface area contributed by atoms with Gasteiger partial charge in [0.25, 0.3) is 0 Å². The molecule has 4 rings (SSSR count). The summed E-state index contributed by atoms with van der Waals surface area (Å²) in [5, 5.41) is 9.32. The van der Waals surface area contributed by atoms with Crippen molar-refractivity contribution in [3.8, 4) is 5.75 Å². The number of ether oxygens (including phenoxy) is 1. The third-order valence-corrected chi connectivity index (χ3v) is 5.58. The van der Waals surface area contributed by atoms with E-state index in [0.717, 1.165) is 18.9 Å². The highest BCUT2D eigenvalue weighted by atomic mass is 19.1. The fourth-order valence-corrected chi connectivity index (χ4v) is 3.97. The van der Waals surface area contributed by atoms with Crippen molar-refractivity contribution in [2.45, 2.75) is 24.9 Å². The van der Waals surface area contributed by atoms with E-state index in [1.54, 1.807) is 9.47 Å². The second kappa shape index (κ2) is 6.73. The first-order valence-corrected chi connectivity index (χ1v) is 9.12. The number of carboxylic acids is 1. The SMILES string of the molecule is COc1c(N2C[C@@H](CF)[C@@H](N)C2)c(F)cc2c(=O)c(C(=O)O)cn(C3CC3)c12. The van der Waals surface area contributed by atoms with Crippen molar-refractivity contribution in [2.75, 3.05) is 31.8 Å². The molecule has 1 aliphatic heterocycles. The highest BCUT2D eigenvalue weighted by Gasteiger charge is 2.36. The standard InChI is InChI=1S/C19H21F2N3O4/c1-28-18-15-11(17(25)12(19(26)27)7-24(15)10-2-3-10)4-13(21)16(18)23-6-9(5-20)14(22)8-23/h4,7,9-10,14H,2-3,5-6,8,22H2,1H3,(H,26,27)/t9-,14+/m1/s1. The number of anilines is 1. The quantitative estimate of drug-likeness (QED) is 0.806. The highest BCUT2D eigenvalue weighted by molar-refractivity contribution is 5.97. The molecule has 9 heteroatoms. The number of fused-ring (bicyclic) bond motifs is 1. The predicted octanol–water partition coefficient (Wildman–Crippen LogP) is 1.92. The summed E-state index contributed by atoms with van der Waals surface area (Å²) in [7, 11) is 1.37. The predicted molar refractivity (Wildman–Crippen MR) is 99.6 cm³/mol. The lowest BCUT2D eigenvalue weighted by molar-refractivity contribution is 0.0695. The first-order chi connectivity index (χ1) is 13.4. The summed E-state index contributed by atoms with van der Waals surface area (Å²) in [6.45, 7) is -0.116. The maximum absolute atomic E-state index is 15.1. The third kappa shape index (κ3) is 2.81. The van der Waals surface area contributed by atoms with Crippen LogP contribution in [-0.2, 0) is 0 Å². The Labute approximate surface area is 159 Å². The number of aromatic carboxylic acids is 1. The number of hydrogen-bond acceptors (Lipinski definition) is 5. The van der Waals surface area contributed by atoms with Crippen molar-refractivity contribution in [3.63, 3.8) is 0 Å². The molecule has 1 saturated heterocycles. The molecule has 2 fully saturated rings. The zero-order valence-electron chi connectivity index (χ0n) is 15.3. The lowest BCUT2D eigenvalue weighted by Gasteiger charge is -2.24. The Kier molecular flexibility index (Phi) is 4.49. The molecule has 1 aromatic carbocycles. The van der Waals surface area contributed by atoms with Crippen molar-refractivity contribution in [2.24, 2.45) is 11.7 Å². The smallest absolute Gasteiger partial charge is 0.341 e. The number of alkyl halides is 1. The first-order valence-electron chi connectivity index (χ1n) is 9.12. The van der Waals surface area contributed by atoms with Crippen LogP contribution in [0.25, 0.3) is 10.9 Å². The molecule has 0 radical (unpaired) electrons. The molecule has 0 spiro atoms. The summed E-state index contributed by atoms with van der Waals surface area (Å²) in [4.78, 5) is 25.8. The van der Waals surface area contributed by atoms with Gasteiger partial charge in [-0.05, 0) is 18.9 Å². The lowest BCUT2D eigenvalue weighted by Crippen LogP contribution is -2.30. The van der Waals surface area contributed by atoms with Crippen LogP contribution < -0.4 is 20.8 Å². The van der Waals surface area contributed by atoms with Crippen molar-refractivity contribution in [1.82, 2.24) is 4.57 Å². The average molecular weight is 393 g/mol. The molecule has 0 unspecified atom stereocenters. The van der Waals surface area contributed by atoms with Gasteiger partial charge >= 0.3 is 5.97 Å². The molecule has 2 aliphatic rings. The van der Waals surface area contributed by atoms with Gasteiger partial charge < -0.3 is 25.0 Å². The Bertz CT molecular complexity index is 1020. The van der Waals surface area contributed by atoms with Gasteiger partial charge in [0, 0.05) is 37.3 Å². The summed E-state index contributed by atoms with van der Waals surface area (Å²) < 4.78 is 35.5. The van der Waals surface area contributed by atoms with Gasteiger partial charge in [0.2, 0.25) is 5.43 Å². The average Bonchev–Trinajstić information content (AvgIpc) is 3.43. The van der Waals surface area contributed by atoms with Crippen LogP contribution in [0.2, 0.25) is 0 Å². The van der Waals surface area contributed by atoms with Crippen molar-refractivity contribution in [3.05, 3.63) is 33.9 Å². The largest absolute Gasteiger partial charge is 0.492 e. The summed E-state index contributed by atoms with van der Waals surface area (Å²) in [6.07, 6.45) is 2.95. The van der Waals surface area contributed by atoms with Crippen LogP contribution in [0.15, 0.2) is 17.1 Å². The zero-order valence-corrected chi connectivity index (χ0v) is 15.3. The Morgan fingerprint density at radius 2 is 2.11 bits per heavy atom. The van der Waals surface area contributed by atoms with Gasteiger partial charge in [-0.2, -0.15) is 0 Å².